The molecule has 2 rings (SSSR count). The van der Waals surface area contributed by atoms with Crippen molar-refractivity contribution in [3.05, 3.63) is 45.3 Å². The van der Waals surface area contributed by atoms with Gasteiger partial charge in [0.05, 0.1) is 16.6 Å². The van der Waals surface area contributed by atoms with Crippen molar-refractivity contribution >= 4 is 11.8 Å². The summed E-state index contributed by atoms with van der Waals surface area (Å²) in [4.78, 5) is 10.4. The van der Waals surface area contributed by atoms with Crippen molar-refractivity contribution in [1.82, 2.24) is 0 Å². The van der Waals surface area contributed by atoms with E-state index in [-0.39, 0.29) is 11.3 Å². The summed E-state index contributed by atoms with van der Waals surface area (Å²) in [6, 6.07) is 5.30. The van der Waals surface area contributed by atoms with E-state index < -0.39 is 10.7 Å². The number of hydrogen-bond donors (Lipinski definition) is 0. The fourth-order valence-corrected chi connectivity index (χ4v) is 2.39. The van der Waals surface area contributed by atoms with Crippen molar-refractivity contribution < 1.29 is 14.1 Å². The third kappa shape index (κ3) is 4.10. The summed E-state index contributed by atoms with van der Waals surface area (Å²) in [7, 11) is 0. The highest BCUT2D eigenvalue weighted by Gasteiger charge is 2.17. The van der Waals surface area contributed by atoms with Gasteiger partial charge < -0.3 is 4.74 Å². The first-order valence-electron chi connectivity index (χ1n) is 6.72. The van der Waals surface area contributed by atoms with E-state index in [9.17, 15) is 19.8 Å². The molecule has 1 aromatic carbocycles. The van der Waals surface area contributed by atoms with Gasteiger partial charge in [-0.3, -0.25) is 10.1 Å². The molecule has 0 amide bonds. The number of nitriles is 1. The number of benzene rings is 1. The lowest BCUT2D eigenvalue weighted by atomic mass is 9.92. The van der Waals surface area contributed by atoms with Crippen molar-refractivity contribution in [2.24, 2.45) is 5.92 Å². The summed E-state index contributed by atoms with van der Waals surface area (Å²) in [5, 5.41) is 20.2. The fourth-order valence-electron chi connectivity index (χ4n) is 2.39. The quantitative estimate of drug-likeness (QED) is 0.483. The zero-order chi connectivity index (χ0) is 15.2. The summed E-state index contributed by atoms with van der Waals surface area (Å²) in [6.45, 7) is 1.34. The molecular formula is C15H15FN2O3. The molecule has 0 aliphatic carbocycles. The van der Waals surface area contributed by atoms with Crippen LogP contribution < -0.4 is 0 Å². The Morgan fingerprint density at radius 1 is 1.52 bits per heavy atom. The van der Waals surface area contributed by atoms with Gasteiger partial charge in [0.1, 0.15) is 5.82 Å². The number of hydrogen-bond acceptors (Lipinski definition) is 4. The van der Waals surface area contributed by atoms with Gasteiger partial charge in [-0.1, -0.05) is 0 Å². The minimum atomic E-state index is -0.575. The highest BCUT2D eigenvalue weighted by atomic mass is 19.1. The molecule has 1 fully saturated rings. The normalized spacial score (nSPS) is 16.5. The van der Waals surface area contributed by atoms with Gasteiger partial charge in [0, 0.05) is 24.9 Å². The molecule has 0 atom stereocenters. The van der Waals surface area contributed by atoms with E-state index in [2.05, 4.69) is 6.07 Å². The Morgan fingerprint density at radius 2 is 2.24 bits per heavy atom. The van der Waals surface area contributed by atoms with Crippen molar-refractivity contribution in [2.75, 3.05) is 13.2 Å². The maximum Gasteiger partial charge on any atom is 0.276 e. The predicted octanol–water partition coefficient (Wildman–Crippen LogP) is 3.46. The Hall–Kier alpha value is -2.26. The van der Waals surface area contributed by atoms with E-state index in [0.29, 0.717) is 31.1 Å². The lowest BCUT2D eigenvalue weighted by molar-refractivity contribution is -0.385. The van der Waals surface area contributed by atoms with Crippen LogP contribution in [0.15, 0.2) is 23.8 Å². The average molecular weight is 290 g/mol. The van der Waals surface area contributed by atoms with Crippen LogP contribution in [-0.2, 0) is 4.74 Å². The highest BCUT2D eigenvalue weighted by molar-refractivity contribution is 5.65. The van der Waals surface area contributed by atoms with E-state index in [1.54, 1.807) is 0 Å². The van der Waals surface area contributed by atoms with Crippen LogP contribution in [-0.4, -0.2) is 18.1 Å². The molecule has 1 saturated heterocycles. The monoisotopic (exact) mass is 290 g/mol. The molecule has 0 aromatic heterocycles. The zero-order valence-electron chi connectivity index (χ0n) is 11.4. The Bertz CT molecular complexity index is 601. The predicted molar refractivity (Wildman–Crippen MR) is 74.8 cm³/mol. The van der Waals surface area contributed by atoms with Crippen LogP contribution in [0.2, 0.25) is 0 Å². The molecule has 1 heterocycles. The number of halogens is 1. The van der Waals surface area contributed by atoms with Gasteiger partial charge in [-0.05, 0) is 43.4 Å². The Labute approximate surface area is 121 Å². The second kappa shape index (κ2) is 6.95. The summed E-state index contributed by atoms with van der Waals surface area (Å²) >= 11 is 0. The minimum absolute atomic E-state index is 0.128. The zero-order valence-corrected chi connectivity index (χ0v) is 11.4. The molecule has 0 spiro atoms. The molecule has 0 unspecified atom stereocenters. The smallest absolute Gasteiger partial charge is 0.276 e. The third-order valence-corrected chi connectivity index (χ3v) is 3.51. The summed E-state index contributed by atoms with van der Waals surface area (Å²) in [6.07, 6.45) is 3.68. The molecule has 1 aromatic rings. The lowest BCUT2D eigenvalue weighted by Gasteiger charge is -2.21. The number of nitrogens with zero attached hydrogens (tertiary/aromatic N) is 2. The first-order valence-corrected chi connectivity index (χ1v) is 6.72. The molecule has 1 aliphatic heterocycles. The molecule has 0 radical (unpaired) electrons. The second-order valence-corrected chi connectivity index (χ2v) is 5.00. The van der Waals surface area contributed by atoms with Crippen LogP contribution in [0.1, 0.15) is 24.8 Å². The lowest BCUT2D eigenvalue weighted by Crippen LogP contribution is -2.15. The van der Waals surface area contributed by atoms with Gasteiger partial charge >= 0.3 is 0 Å². The van der Waals surface area contributed by atoms with E-state index in [0.717, 1.165) is 31.0 Å². The highest BCUT2D eigenvalue weighted by Crippen LogP contribution is 2.27. The molecule has 110 valence electrons. The van der Waals surface area contributed by atoms with E-state index in [4.69, 9.17) is 4.74 Å². The van der Waals surface area contributed by atoms with Crippen molar-refractivity contribution in [3.8, 4) is 6.07 Å². The topological polar surface area (TPSA) is 76.2 Å². The molecule has 6 heteroatoms. The number of nitro benzene ring substituents is 1. The van der Waals surface area contributed by atoms with Crippen molar-refractivity contribution in [2.45, 2.75) is 19.3 Å². The molecule has 21 heavy (non-hydrogen) atoms. The van der Waals surface area contributed by atoms with Crippen molar-refractivity contribution in [3.63, 3.8) is 0 Å². The van der Waals surface area contributed by atoms with Crippen LogP contribution in [0.5, 0.6) is 0 Å². The van der Waals surface area contributed by atoms with Gasteiger partial charge in [0.25, 0.3) is 5.69 Å². The van der Waals surface area contributed by atoms with Crippen molar-refractivity contribution in [1.29, 1.82) is 5.26 Å². The Morgan fingerprint density at radius 3 is 2.86 bits per heavy atom. The van der Waals surface area contributed by atoms with E-state index >= 15 is 0 Å². The fraction of sp³-hybridized carbons (Fsp3) is 0.400. The summed E-state index contributed by atoms with van der Waals surface area (Å²) < 4.78 is 18.5. The van der Waals surface area contributed by atoms with Gasteiger partial charge in [0.15, 0.2) is 0 Å². The van der Waals surface area contributed by atoms with Crippen LogP contribution >= 0.6 is 0 Å². The van der Waals surface area contributed by atoms with Gasteiger partial charge in [0.2, 0.25) is 0 Å². The standard InChI is InChI=1S/C15H15FN2O3/c16-14-1-2-15(18(19)20)13(9-14)8-12(10-17)7-11-3-5-21-6-4-11/h1-2,8-9,11H,3-7H2. The van der Waals surface area contributed by atoms with E-state index in [1.807, 2.05) is 0 Å². The van der Waals surface area contributed by atoms with E-state index in [1.165, 1.54) is 6.08 Å². The summed E-state index contributed by atoms with van der Waals surface area (Å²) in [5.41, 5.74) is 0.357. The van der Waals surface area contributed by atoms with Gasteiger partial charge in [-0.2, -0.15) is 5.26 Å². The molecular weight excluding hydrogens is 275 g/mol. The number of allylic oxidation sites excluding steroid dienone is 1. The first kappa shape index (κ1) is 15.1. The molecule has 0 bridgehead atoms. The van der Waals surface area contributed by atoms with Gasteiger partial charge in [-0.25, -0.2) is 4.39 Å². The SMILES string of the molecule is N#CC(=Cc1cc(F)ccc1[N+](=O)[O-])CC1CCOCC1. The average Bonchev–Trinajstić information content (AvgIpc) is 2.47. The first-order chi connectivity index (χ1) is 10.1. The molecule has 0 N–H and O–H groups in total. The van der Waals surface area contributed by atoms with Crippen LogP contribution in [0.3, 0.4) is 0 Å². The van der Waals surface area contributed by atoms with Crippen LogP contribution in [0.4, 0.5) is 10.1 Å². The maximum absolute atomic E-state index is 13.3. The number of ether oxygens (including phenoxy) is 1. The largest absolute Gasteiger partial charge is 0.381 e. The second-order valence-electron chi connectivity index (χ2n) is 5.00. The van der Waals surface area contributed by atoms with Crippen LogP contribution in [0.25, 0.3) is 6.08 Å². The maximum atomic E-state index is 13.3. The summed E-state index contributed by atoms with van der Waals surface area (Å²) in [5.74, 6) is -0.229. The third-order valence-electron chi connectivity index (χ3n) is 3.51. The molecule has 5 nitrogen and oxygen atoms in total. The van der Waals surface area contributed by atoms with Crippen LogP contribution in [0, 0.1) is 33.2 Å². The van der Waals surface area contributed by atoms with Gasteiger partial charge in [-0.15, -0.1) is 0 Å². The Kier molecular flexibility index (Phi) is 5.01. The minimum Gasteiger partial charge on any atom is -0.381 e. The Balaban J connectivity index is 2.24. The number of rotatable bonds is 4. The number of nitro groups is 1. The molecule has 1 aliphatic rings. The molecule has 0 saturated carbocycles.